The van der Waals surface area contributed by atoms with E-state index in [9.17, 15) is 0 Å². The minimum Gasteiger partial charge on any atom is -0.259 e. The van der Waals surface area contributed by atoms with Crippen molar-refractivity contribution >= 4 is 0 Å². The summed E-state index contributed by atoms with van der Waals surface area (Å²) in [5.74, 6) is 0.822. The van der Waals surface area contributed by atoms with Gasteiger partial charge in [0.25, 0.3) is 0 Å². The normalized spacial score (nSPS) is 14.6. The molecule has 0 aromatic rings. The number of nitrogens with zero attached hydrogens (tertiary/aromatic N) is 1. The van der Waals surface area contributed by atoms with E-state index in [1.54, 1.807) is 0 Å². The Labute approximate surface area is 96.4 Å². The monoisotopic (exact) mass is 214 g/mol. The number of hydrogen-bond donors (Lipinski definition) is 1. The zero-order chi connectivity index (χ0) is 11.9. The molecule has 0 aliphatic heterocycles. The fourth-order valence-electron chi connectivity index (χ4n) is 2.35. The molecular weight excluding hydrogens is 184 g/mol. The lowest BCUT2D eigenvalue weighted by Crippen LogP contribution is -2.32. The summed E-state index contributed by atoms with van der Waals surface area (Å²) in [6.45, 7) is 10.6. The van der Waals surface area contributed by atoms with Crippen molar-refractivity contribution in [3.63, 3.8) is 0 Å². The third-order valence-electron chi connectivity index (χ3n) is 3.17. The first-order valence-electron chi connectivity index (χ1n) is 6.30. The molecule has 2 heteroatoms. The van der Waals surface area contributed by atoms with Gasteiger partial charge in [0, 0.05) is 13.6 Å². The van der Waals surface area contributed by atoms with Crippen molar-refractivity contribution < 1.29 is 0 Å². The lowest BCUT2D eigenvalue weighted by Gasteiger charge is -2.28. The van der Waals surface area contributed by atoms with Crippen LogP contribution in [-0.4, -0.2) is 25.6 Å². The van der Waals surface area contributed by atoms with E-state index < -0.39 is 0 Å². The van der Waals surface area contributed by atoms with Gasteiger partial charge in [0.15, 0.2) is 0 Å². The van der Waals surface area contributed by atoms with Gasteiger partial charge in [-0.1, -0.05) is 34.1 Å². The van der Waals surface area contributed by atoms with Crippen molar-refractivity contribution in [3.05, 3.63) is 0 Å². The smallest absolute Gasteiger partial charge is 0.0130 e. The van der Waals surface area contributed by atoms with Gasteiger partial charge >= 0.3 is 0 Å². The summed E-state index contributed by atoms with van der Waals surface area (Å²) in [4.78, 5) is 0. The predicted octanol–water partition coefficient (Wildman–Crippen LogP) is 3.30. The molecule has 0 saturated carbocycles. The molecule has 0 spiro atoms. The Kier molecular flexibility index (Phi) is 7.20. The van der Waals surface area contributed by atoms with Crippen molar-refractivity contribution in [2.24, 2.45) is 11.3 Å². The first kappa shape index (κ1) is 14.9. The molecule has 0 saturated heterocycles. The molecule has 1 N–H and O–H groups in total. The highest BCUT2D eigenvalue weighted by Gasteiger charge is 2.19. The van der Waals surface area contributed by atoms with Gasteiger partial charge in [-0.25, -0.2) is 5.01 Å². The van der Waals surface area contributed by atoms with Crippen LogP contribution in [0.2, 0.25) is 0 Å². The second-order valence-corrected chi connectivity index (χ2v) is 5.66. The average Bonchev–Trinajstić information content (AvgIpc) is 2.13. The molecule has 0 aliphatic rings. The standard InChI is InChI=1S/C13H30N2/c1-7-9-13(3,4)11-12(2)8-10-15(6)14-5/h12,14H,7-11H2,1-6H3. The molecule has 0 fully saturated rings. The molecule has 1 atom stereocenters. The van der Waals surface area contributed by atoms with E-state index in [-0.39, 0.29) is 0 Å². The molecule has 15 heavy (non-hydrogen) atoms. The summed E-state index contributed by atoms with van der Waals surface area (Å²) < 4.78 is 0. The fourth-order valence-corrected chi connectivity index (χ4v) is 2.35. The minimum atomic E-state index is 0.520. The molecule has 1 unspecified atom stereocenters. The highest BCUT2D eigenvalue weighted by Crippen LogP contribution is 2.31. The highest BCUT2D eigenvalue weighted by molar-refractivity contribution is 4.71. The van der Waals surface area contributed by atoms with E-state index in [4.69, 9.17) is 0 Å². The zero-order valence-electron chi connectivity index (χ0n) is 11.6. The zero-order valence-corrected chi connectivity index (χ0v) is 11.6. The third kappa shape index (κ3) is 7.80. The van der Waals surface area contributed by atoms with Crippen LogP contribution in [0, 0.1) is 11.3 Å². The van der Waals surface area contributed by atoms with E-state index in [1.807, 2.05) is 7.05 Å². The fraction of sp³-hybridized carbons (Fsp3) is 1.00. The highest BCUT2D eigenvalue weighted by atomic mass is 15.5. The third-order valence-corrected chi connectivity index (χ3v) is 3.17. The molecule has 92 valence electrons. The average molecular weight is 214 g/mol. The van der Waals surface area contributed by atoms with Crippen molar-refractivity contribution in [3.8, 4) is 0 Å². The van der Waals surface area contributed by atoms with Crippen LogP contribution in [0.4, 0.5) is 0 Å². The second-order valence-electron chi connectivity index (χ2n) is 5.66. The largest absolute Gasteiger partial charge is 0.259 e. The number of hydrazine groups is 1. The Balaban J connectivity index is 3.77. The maximum absolute atomic E-state index is 3.14. The van der Waals surface area contributed by atoms with Gasteiger partial charge in [-0.2, -0.15) is 0 Å². The van der Waals surface area contributed by atoms with Crippen LogP contribution < -0.4 is 5.43 Å². The van der Waals surface area contributed by atoms with Crippen LogP contribution in [-0.2, 0) is 0 Å². The molecule has 0 heterocycles. The minimum absolute atomic E-state index is 0.520. The summed E-state index contributed by atoms with van der Waals surface area (Å²) in [5.41, 5.74) is 3.66. The van der Waals surface area contributed by atoms with E-state index in [0.29, 0.717) is 5.41 Å². The van der Waals surface area contributed by atoms with Crippen LogP contribution in [0.1, 0.15) is 53.4 Å². The van der Waals surface area contributed by atoms with E-state index in [0.717, 1.165) is 12.5 Å². The van der Waals surface area contributed by atoms with Crippen LogP contribution in [0.25, 0.3) is 0 Å². The molecule has 0 rings (SSSR count). The maximum atomic E-state index is 3.14. The van der Waals surface area contributed by atoms with Gasteiger partial charge in [-0.3, -0.25) is 5.43 Å². The van der Waals surface area contributed by atoms with Crippen molar-refractivity contribution in [1.82, 2.24) is 10.4 Å². The summed E-state index contributed by atoms with van der Waals surface area (Å²) in [6, 6.07) is 0. The van der Waals surface area contributed by atoms with Crippen LogP contribution in [0.5, 0.6) is 0 Å². The Bertz CT molecular complexity index is 155. The number of rotatable bonds is 8. The molecule has 0 aliphatic carbocycles. The van der Waals surface area contributed by atoms with Crippen LogP contribution >= 0.6 is 0 Å². The Morgan fingerprint density at radius 2 is 1.93 bits per heavy atom. The maximum Gasteiger partial charge on any atom is 0.0130 e. The van der Waals surface area contributed by atoms with Gasteiger partial charge in [-0.05, 0) is 37.6 Å². The van der Waals surface area contributed by atoms with Gasteiger partial charge < -0.3 is 0 Å². The molecule has 0 aromatic carbocycles. The van der Waals surface area contributed by atoms with Gasteiger partial charge in [0.05, 0.1) is 0 Å². The molecule has 0 aromatic heterocycles. The number of nitrogens with one attached hydrogen (secondary N) is 1. The van der Waals surface area contributed by atoms with Crippen LogP contribution in [0.3, 0.4) is 0 Å². The lowest BCUT2D eigenvalue weighted by atomic mass is 9.79. The summed E-state index contributed by atoms with van der Waals surface area (Å²) in [6.07, 6.45) is 5.28. The second kappa shape index (κ2) is 7.24. The van der Waals surface area contributed by atoms with Crippen molar-refractivity contribution in [1.29, 1.82) is 0 Å². The van der Waals surface area contributed by atoms with E-state index >= 15 is 0 Å². The summed E-state index contributed by atoms with van der Waals surface area (Å²) in [7, 11) is 4.08. The van der Waals surface area contributed by atoms with E-state index in [2.05, 4.69) is 45.2 Å². The van der Waals surface area contributed by atoms with Crippen LogP contribution in [0.15, 0.2) is 0 Å². The first-order chi connectivity index (χ1) is 6.91. The topological polar surface area (TPSA) is 15.3 Å². The Hall–Kier alpha value is -0.0800. The van der Waals surface area contributed by atoms with E-state index in [1.165, 1.54) is 25.7 Å². The Morgan fingerprint density at radius 1 is 1.33 bits per heavy atom. The predicted molar refractivity (Wildman–Crippen MR) is 68.8 cm³/mol. The molecular formula is C13H30N2. The molecule has 0 radical (unpaired) electrons. The van der Waals surface area contributed by atoms with Crippen molar-refractivity contribution in [2.75, 3.05) is 20.6 Å². The van der Waals surface area contributed by atoms with Gasteiger partial charge in [-0.15, -0.1) is 0 Å². The molecule has 0 amide bonds. The quantitative estimate of drug-likeness (QED) is 0.624. The van der Waals surface area contributed by atoms with Gasteiger partial charge in [0.2, 0.25) is 0 Å². The molecule has 2 nitrogen and oxygen atoms in total. The van der Waals surface area contributed by atoms with Crippen molar-refractivity contribution in [2.45, 2.75) is 53.4 Å². The SMILES string of the molecule is CCCC(C)(C)CC(C)CCN(C)NC. The summed E-state index contributed by atoms with van der Waals surface area (Å²) in [5, 5.41) is 2.16. The molecule has 0 bridgehead atoms. The Morgan fingerprint density at radius 3 is 2.40 bits per heavy atom. The lowest BCUT2D eigenvalue weighted by molar-refractivity contribution is 0.204. The van der Waals surface area contributed by atoms with Gasteiger partial charge in [0.1, 0.15) is 0 Å². The number of hydrogen-bond acceptors (Lipinski definition) is 2. The summed E-state index contributed by atoms with van der Waals surface area (Å²) >= 11 is 0. The first-order valence-corrected chi connectivity index (χ1v) is 6.30.